The first kappa shape index (κ1) is 18.5. The quantitative estimate of drug-likeness (QED) is 0.682. The molecule has 152 valence electrons. The summed E-state index contributed by atoms with van der Waals surface area (Å²) in [4.78, 5) is 9.35. The predicted molar refractivity (Wildman–Crippen MR) is 113 cm³/mol. The lowest BCUT2D eigenvalue weighted by atomic mass is 9.96. The molecule has 7 heteroatoms. The van der Waals surface area contributed by atoms with E-state index in [2.05, 4.69) is 31.6 Å². The molecular weight excluding hydrogens is 367 g/mol. The van der Waals surface area contributed by atoms with Crippen molar-refractivity contribution >= 4 is 16.7 Å². The second-order valence-corrected chi connectivity index (χ2v) is 8.36. The van der Waals surface area contributed by atoms with Crippen LogP contribution in [-0.2, 0) is 0 Å². The summed E-state index contributed by atoms with van der Waals surface area (Å²) < 4.78 is 17.1. The lowest BCUT2D eigenvalue weighted by molar-refractivity contribution is 0.137. The molecule has 2 N–H and O–H groups in total. The summed E-state index contributed by atoms with van der Waals surface area (Å²) in [5, 5.41) is 11.9. The van der Waals surface area contributed by atoms with Gasteiger partial charge in [-0.2, -0.15) is 5.10 Å². The number of anilines is 1. The molecule has 1 aliphatic carbocycles. The topological polar surface area (TPSA) is 67.7 Å². The monoisotopic (exact) mass is 394 g/mol. The number of hydrogen-bond donors (Lipinski definition) is 2. The highest BCUT2D eigenvalue weighted by Gasteiger charge is 2.31. The van der Waals surface area contributed by atoms with Gasteiger partial charge in [-0.3, -0.25) is 9.67 Å². The molecule has 4 heterocycles. The molecule has 1 saturated carbocycles. The highest BCUT2D eigenvalue weighted by molar-refractivity contribution is 5.91. The van der Waals surface area contributed by atoms with E-state index < -0.39 is 5.67 Å². The molecule has 2 fully saturated rings. The minimum absolute atomic E-state index is 0.238. The summed E-state index contributed by atoms with van der Waals surface area (Å²) in [6.45, 7) is 1.50. The zero-order valence-corrected chi connectivity index (χ0v) is 16.6. The van der Waals surface area contributed by atoms with Crippen LogP contribution in [0.25, 0.3) is 22.2 Å². The summed E-state index contributed by atoms with van der Waals surface area (Å²) in [7, 11) is 0. The van der Waals surface area contributed by atoms with E-state index in [4.69, 9.17) is 4.98 Å². The van der Waals surface area contributed by atoms with Crippen LogP contribution in [0.5, 0.6) is 0 Å². The summed E-state index contributed by atoms with van der Waals surface area (Å²) in [5.41, 5.74) is 1.39. The molecule has 5 rings (SSSR count). The lowest BCUT2D eigenvalue weighted by Gasteiger charge is -2.30. The van der Waals surface area contributed by atoms with Crippen molar-refractivity contribution in [1.82, 2.24) is 25.1 Å². The lowest BCUT2D eigenvalue weighted by Crippen LogP contribution is -2.46. The largest absolute Gasteiger partial charge is 0.366 e. The molecule has 3 aromatic heterocycles. The molecule has 1 aliphatic heterocycles. The van der Waals surface area contributed by atoms with E-state index in [0.717, 1.165) is 35.1 Å². The zero-order valence-electron chi connectivity index (χ0n) is 16.6. The second-order valence-electron chi connectivity index (χ2n) is 8.36. The third kappa shape index (κ3) is 3.83. The fourth-order valence-corrected chi connectivity index (χ4v) is 4.52. The molecule has 2 aliphatic rings. The molecule has 0 amide bonds. The van der Waals surface area contributed by atoms with Gasteiger partial charge in [-0.25, -0.2) is 9.37 Å². The number of pyridine rings is 2. The molecule has 0 radical (unpaired) electrons. The zero-order chi connectivity index (χ0) is 19.7. The maximum absolute atomic E-state index is 15.1. The molecular formula is C22H27FN6. The van der Waals surface area contributed by atoms with E-state index in [0.29, 0.717) is 24.8 Å². The molecule has 0 spiro atoms. The van der Waals surface area contributed by atoms with Gasteiger partial charge in [0, 0.05) is 29.9 Å². The molecule has 1 unspecified atom stereocenters. The molecule has 0 aromatic carbocycles. The summed E-state index contributed by atoms with van der Waals surface area (Å²) >= 11 is 0. The van der Waals surface area contributed by atoms with Crippen molar-refractivity contribution in [1.29, 1.82) is 0 Å². The molecule has 0 bridgehead atoms. The van der Waals surface area contributed by atoms with Crippen molar-refractivity contribution in [2.45, 2.75) is 50.2 Å². The van der Waals surface area contributed by atoms with E-state index in [9.17, 15) is 0 Å². The Balaban J connectivity index is 1.45. The van der Waals surface area contributed by atoms with E-state index in [1.807, 2.05) is 24.4 Å². The Hall–Kier alpha value is -2.54. The van der Waals surface area contributed by atoms with Crippen molar-refractivity contribution < 1.29 is 4.39 Å². The minimum Gasteiger partial charge on any atom is -0.366 e. The molecule has 1 atom stereocenters. The van der Waals surface area contributed by atoms with E-state index >= 15 is 4.39 Å². The van der Waals surface area contributed by atoms with Gasteiger partial charge < -0.3 is 10.6 Å². The van der Waals surface area contributed by atoms with Crippen LogP contribution in [-0.4, -0.2) is 45.1 Å². The van der Waals surface area contributed by atoms with Gasteiger partial charge in [-0.05, 0) is 50.4 Å². The number of hydrogen-bond acceptors (Lipinski definition) is 5. The first-order valence-corrected chi connectivity index (χ1v) is 10.6. The van der Waals surface area contributed by atoms with Crippen molar-refractivity contribution in [3.8, 4) is 11.3 Å². The normalized spacial score (nSPS) is 22.9. The van der Waals surface area contributed by atoms with Gasteiger partial charge in [0.2, 0.25) is 0 Å². The van der Waals surface area contributed by atoms with Crippen LogP contribution in [0.15, 0.2) is 36.8 Å². The van der Waals surface area contributed by atoms with Crippen LogP contribution in [0.1, 0.15) is 44.6 Å². The van der Waals surface area contributed by atoms with Crippen molar-refractivity contribution in [2.75, 3.05) is 25.0 Å². The Bertz CT molecular complexity index is 988. The Morgan fingerprint density at radius 3 is 3.00 bits per heavy atom. The van der Waals surface area contributed by atoms with Crippen LogP contribution in [0.4, 0.5) is 10.2 Å². The average Bonchev–Trinajstić information content (AvgIpc) is 3.44. The van der Waals surface area contributed by atoms with E-state index in [1.54, 1.807) is 6.20 Å². The Morgan fingerprint density at radius 1 is 1.28 bits per heavy atom. The van der Waals surface area contributed by atoms with E-state index in [1.165, 1.54) is 25.7 Å². The highest BCUT2D eigenvalue weighted by Crippen LogP contribution is 2.32. The fourth-order valence-electron chi connectivity index (χ4n) is 4.52. The fraction of sp³-hybridized carbons (Fsp3) is 0.500. The number of aromatic nitrogens is 4. The van der Waals surface area contributed by atoms with E-state index in [-0.39, 0.29) is 6.54 Å². The first-order valence-electron chi connectivity index (χ1n) is 10.6. The number of alkyl halides is 1. The highest BCUT2D eigenvalue weighted by atomic mass is 19.1. The molecule has 6 nitrogen and oxygen atoms in total. The van der Waals surface area contributed by atoms with Crippen molar-refractivity contribution in [2.24, 2.45) is 0 Å². The van der Waals surface area contributed by atoms with Crippen LogP contribution < -0.4 is 10.6 Å². The number of rotatable bonds is 5. The van der Waals surface area contributed by atoms with Gasteiger partial charge in [-0.1, -0.05) is 12.8 Å². The maximum atomic E-state index is 15.1. The SMILES string of the molecule is FC1(CNc2nc(-c3cnn(C4CCCC4)c3)cc3ncccc23)CCCNC1. The van der Waals surface area contributed by atoms with Gasteiger partial charge in [0.05, 0.1) is 30.0 Å². The Kier molecular flexibility index (Phi) is 4.91. The van der Waals surface area contributed by atoms with Crippen LogP contribution in [0.2, 0.25) is 0 Å². The smallest absolute Gasteiger partial charge is 0.140 e. The number of halogens is 1. The van der Waals surface area contributed by atoms with Crippen LogP contribution >= 0.6 is 0 Å². The maximum Gasteiger partial charge on any atom is 0.140 e. The van der Waals surface area contributed by atoms with Gasteiger partial charge in [0.15, 0.2) is 0 Å². The summed E-state index contributed by atoms with van der Waals surface area (Å²) in [5.74, 6) is 0.682. The van der Waals surface area contributed by atoms with Gasteiger partial charge >= 0.3 is 0 Å². The Labute approximate surface area is 169 Å². The van der Waals surface area contributed by atoms with Gasteiger partial charge in [-0.15, -0.1) is 0 Å². The number of nitrogens with one attached hydrogen (secondary N) is 2. The van der Waals surface area contributed by atoms with Crippen molar-refractivity contribution in [3.05, 3.63) is 36.8 Å². The molecule has 29 heavy (non-hydrogen) atoms. The number of fused-ring (bicyclic) bond motifs is 1. The minimum atomic E-state index is -1.25. The molecule has 1 saturated heterocycles. The van der Waals surface area contributed by atoms with Crippen LogP contribution in [0, 0.1) is 0 Å². The second kappa shape index (κ2) is 7.71. The summed E-state index contributed by atoms with van der Waals surface area (Å²) in [6.07, 6.45) is 12.1. The van der Waals surface area contributed by atoms with Crippen molar-refractivity contribution in [3.63, 3.8) is 0 Å². The number of piperidine rings is 1. The standard InChI is InChI=1S/C22H27FN6/c23-22(8-4-9-24-14-22)15-26-21-18-7-3-10-25-20(18)11-19(28-21)16-12-27-29(13-16)17-5-1-2-6-17/h3,7,10-13,17,24H,1-2,4-6,8-9,14-15H2,(H,26,28). The molecule has 3 aromatic rings. The first-order chi connectivity index (χ1) is 14.2. The predicted octanol–water partition coefficient (Wildman–Crippen LogP) is 4.11. The Morgan fingerprint density at radius 2 is 2.17 bits per heavy atom. The third-order valence-corrected chi connectivity index (χ3v) is 6.19. The average molecular weight is 394 g/mol. The van der Waals surface area contributed by atoms with Gasteiger partial charge in [0.1, 0.15) is 11.5 Å². The van der Waals surface area contributed by atoms with Crippen LogP contribution in [0.3, 0.4) is 0 Å². The third-order valence-electron chi connectivity index (χ3n) is 6.19. The number of nitrogens with zero attached hydrogens (tertiary/aromatic N) is 4. The summed E-state index contributed by atoms with van der Waals surface area (Å²) in [6, 6.07) is 6.35. The van der Waals surface area contributed by atoms with Gasteiger partial charge in [0.25, 0.3) is 0 Å².